The predicted octanol–water partition coefficient (Wildman–Crippen LogP) is 21.1. The minimum atomic E-state index is 0.0736. The molecular formula is C56H119SSn2+. The third-order valence-corrected chi connectivity index (χ3v) is 21.5. The van der Waals surface area contributed by atoms with E-state index in [0.717, 1.165) is 0 Å². The van der Waals surface area contributed by atoms with Gasteiger partial charge in [0.2, 0.25) is 0 Å². The number of unbranched alkanes of at least 4 members (excludes halogenated alkanes) is 38. The molecular weight excluding hydrogens is 942 g/mol. The Kier molecular flexibility index (Phi) is 76.3. The topological polar surface area (TPSA) is 0 Å². The molecule has 356 valence electrons. The molecule has 0 rings (SSSR count). The average Bonchev–Trinajstić information content (AvgIpc) is 3.25. The summed E-state index contributed by atoms with van der Waals surface area (Å²) in [7, 11) is 0. The third kappa shape index (κ3) is 74.6. The van der Waals surface area contributed by atoms with Crippen LogP contribution in [0.5, 0.6) is 0 Å². The molecule has 0 amide bonds. The van der Waals surface area contributed by atoms with E-state index in [9.17, 15) is 0 Å². The molecule has 0 N–H and O–H groups in total. The van der Waals surface area contributed by atoms with Crippen molar-refractivity contribution in [3.05, 3.63) is 0 Å². The van der Waals surface area contributed by atoms with E-state index >= 15 is 0 Å². The number of hydrogen-bond acceptors (Lipinski definition) is 0. The van der Waals surface area contributed by atoms with Crippen LogP contribution < -0.4 is 0 Å². The predicted molar refractivity (Wildman–Crippen MR) is 286 cm³/mol. The summed E-state index contributed by atoms with van der Waals surface area (Å²) in [5.74, 6) is 2.93. The van der Waals surface area contributed by atoms with Crippen LogP contribution in [0, 0.1) is 0 Å². The molecule has 0 aliphatic heterocycles. The van der Waals surface area contributed by atoms with E-state index in [2.05, 4.69) is 41.5 Å². The summed E-state index contributed by atoms with van der Waals surface area (Å²) in [5, 5.41) is 0. The Morgan fingerprint density at radius 1 is 0.186 bits per heavy atom. The Bertz CT molecular complexity index is 547. The summed E-state index contributed by atoms with van der Waals surface area (Å²) >= 11 is 1.88. The van der Waals surface area contributed by atoms with Crippen LogP contribution >= 0.6 is 0 Å². The van der Waals surface area contributed by atoms with E-state index in [-0.39, 0.29) is 42.3 Å². The van der Waals surface area contributed by atoms with E-state index in [0.29, 0.717) is 0 Å². The van der Waals surface area contributed by atoms with Crippen LogP contribution in [0.15, 0.2) is 0 Å². The Morgan fingerprint density at radius 3 is 0.525 bits per heavy atom. The molecule has 0 aromatic carbocycles. The van der Waals surface area contributed by atoms with Gasteiger partial charge in [0.25, 0.3) is 0 Å². The summed E-state index contributed by atoms with van der Waals surface area (Å²) in [5.41, 5.74) is 0. The first-order valence-corrected chi connectivity index (χ1v) is 37.6. The van der Waals surface area contributed by atoms with Gasteiger partial charge in [-0.2, -0.15) is 0 Å². The molecule has 0 saturated carbocycles. The van der Waals surface area contributed by atoms with E-state index in [1.165, 1.54) is 268 Å². The van der Waals surface area contributed by atoms with Crippen molar-refractivity contribution in [2.24, 2.45) is 0 Å². The maximum atomic E-state index is 2.30. The van der Waals surface area contributed by atoms with Gasteiger partial charge in [-0.25, -0.2) is 0 Å². The third-order valence-electron chi connectivity index (χ3n) is 12.2. The molecule has 0 heterocycles. The Labute approximate surface area is 404 Å². The van der Waals surface area contributed by atoms with Crippen molar-refractivity contribution in [1.82, 2.24) is 0 Å². The van der Waals surface area contributed by atoms with Crippen LogP contribution in [-0.4, -0.2) is 53.8 Å². The van der Waals surface area contributed by atoms with Crippen LogP contribution in [0.3, 0.4) is 0 Å². The average molecular weight is 1060 g/mol. The number of hydrogen-bond donors (Lipinski definition) is 0. The SMILES string of the molecule is CCCCCCCCCCCC[SH+]CCCCCCCCCCCC.CCCCCCC[CH2][Sn][CH2]CCCCCCC.CCCCCCC[CH2][Sn][CH2]CCCCCCC. The van der Waals surface area contributed by atoms with Gasteiger partial charge < -0.3 is 0 Å². The van der Waals surface area contributed by atoms with Crippen molar-refractivity contribution in [3.8, 4) is 0 Å². The van der Waals surface area contributed by atoms with Crippen LogP contribution in [0.1, 0.15) is 324 Å². The molecule has 59 heavy (non-hydrogen) atoms. The van der Waals surface area contributed by atoms with E-state index in [1.54, 1.807) is 55.2 Å². The maximum absolute atomic E-state index is 2.30. The van der Waals surface area contributed by atoms with Crippen molar-refractivity contribution in [2.75, 3.05) is 11.5 Å². The Balaban J connectivity index is -0.000000822. The molecule has 0 aromatic heterocycles. The second-order valence-electron chi connectivity index (χ2n) is 18.6. The summed E-state index contributed by atoms with van der Waals surface area (Å²) in [6.07, 6.45) is 65.0. The van der Waals surface area contributed by atoms with E-state index < -0.39 is 0 Å². The molecule has 0 aliphatic carbocycles. The van der Waals surface area contributed by atoms with E-state index in [1.807, 2.05) is 0 Å². The zero-order chi connectivity index (χ0) is 43.5. The van der Waals surface area contributed by atoms with Crippen LogP contribution in [-0.2, 0) is 11.8 Å². The zero-order valence-electron chi connectivity index (χ0n) is 42.8. The first-order valence-electron chi connectivity index (χ1n) is 28.3. The first kappa shape index (κ1) is 65.2. The van der Waals surface area contributed by atoms with Gasteiger partial charge in [0.05, 0.1) is 0 Å². The molecule has 0 bridgehead atoms. The van der Waals surface area contributed by atoms with Gasteiger partial charge in [0.1, 0.15) is 11.5 Å². The summed E-state index contributed by atoms with van der Waals surface area (Å²) < 4.78 is 6.63. The van der Waals surface area contributed by atoms with Crippen LogP contribution in [0.25, 0.3) is 0 Å². The molecule has 0 aromatic rings. The molecule has 4 radical (unpaired) electrons. The van der Waals surface area contributed by atoms with Gasteiger partial charge in [0, 0.05) is 0 Å². The summed E-state index contributed by atoms with van der Waals surface area (Å²) in [6.45, 7) is 13.8. The van der Waals surface area contributed by atoms with E-state index in [4.69, 9.17) is 0 Å². The van der Waals surface area contributed by atoms with Crippen molar-refractivity contribution in [3.63, 3.8) is 0 Å². The van der Waals surface area contributed by atoms with Gasteiger partial charge in [-0.05, 0) is 37.4 Å². The Morgan fingerprint density at radius 2 is 0.339 bits per heavy atom. The van der Waals surface area contributed by atoms with Crippen LogP contribution in [0.4, 0.5) is 0 Å². The second kappa shape index (κ2) is 69.0. The molecule has 0 saturated heterocycles. The van der Waals surface area contributed by atoms with Crippen molar-refractivity contribution < 1.29 is 0 Å². The van der Waals surface area contributed by atoms with Crippen molar-refractivity contribution in [2.45, 2.75) is 342 Å². The summed E-state index contributed by atoms with van der Waals surface area (Å²) in [6, 6.07) is 0. The number of thiol groups is 1. The number of rotatable bonds is 50. The van der Waals surface area contributed by atoms with Crippen molar-refractivity contribution in [1.29, 1.82) is 0 Å². The van der Waals surface area contributed by atoms with Gasteiger partial charge in [-0.1, -0.05) is 117 Å². The molecule has 0 nitrogen and oxygen atoms in total. The van der Waals surface area contributed by atoms with Gasteiger partial charge in [0.15, 0.2) is 0 Å². The minimum absolute atomic E-state index is 0.0736. The zero-order valence-corrected chi connectivity index (χ0v) is 49.4. The second-order valence-corrected chi connectivity index (χ2v) is 28.5. The fourth-order valence-electron chi connectivity index (χ4n) is 7.91. The van der Waals surface area contributed by atoms with Crippen LogP contribution in [0.2, 0.25) is 17.7 Å². The van der Waals surface area contributed by atoms with Crippen molar-refractivity contribution >= 4 is 54.0 Å². The summed E-state index contributed by atoms with van der Waals surface area (Å²) in [4.78, 5) is 0. The Hall–Kier alpha value is 1.95. The molecule has 0 fully saturated rings. The molecule has 0 aliphatic rings. The molecule has 0 unspecified atom stereocenters. The van der Waals surface area contributed by atoms with Gasteiger partial charge in [-0.3, -0.25) is 0 Å². The molecule has 0 spiro atoms. The van der Waals surface area contributed by atoms with Gasteiger partial charge >= 0.3 is 242 Å². The normalized spacial score (nSPS) is 11.1. The fraction of sp³-hybridized carbons (Fsp3) is 1.00. The fourth-order valence-corrected chi connectivity index (χ4v) is 16.2. The standard InChI is InChI=1S/C24H50S.4C8H17.2Sn/c1-3-5-7-9-11-13-15-17-19-21-23-25-24-22-20-18-16-14-12-10-8-6-4-2;4*1-3-5-7-8-6-4-2;;/h3-24H2,1-2H3;4*1,3-8H2,2H3;;/p+1. The molecule has 0 atom stereocenters. The monoisotopic (exact) mass is 1060 g/mol. The first-order chi connectivity index (χ1) is 29.2. The molecule has 3 heteroatoms. The quantitative estimate of drug-likeness (QED) is 0.0247. The van der Waals surface area contributed by atoms with Gasteiger partial charge in [-0.15, -0.1) is 0 Å².